The van der Waals surface area contributed by atoms with Crippen LogP contribution in [0.3, 0.4) is 0 Å². The van der Waals surface area contributed by atoms with Gasteiger partial charge in [0.15, 0.2) is 0 Å². The molecule has 1 saturated heterocycles. The van der Waals surface area contributed by atoms with E-state index in [4.69, 9.17) is 9.47 Å². The van der Waals surface area contributed by atoms with Crippen molar-refractivity contribution in [3.8, 4) is 5.75 Å². The van der Waals surface area contributed by atoms with Gasteiger partial charge in [-0.25, -0.2) is 9.80 Å². The Morgan fingerprint density at radius 2 is 1.75 bits per heavy atom. The van der Waals surface area contributed by atoms with Crippen LogP contribution in [0.1, 0.15) is 29.8 Å². The molecule has 1 heterocycles. The third kappa shape index (κ3) is 3.88. The summed E-state index contributed by atoms with van der Waals surface area (Å²) in [6, 6.07) is 13.4. The predicted molar refractivity (Wildman–Crippen MR) is 104 cm³/mol. The molecule has 1 aliphatic heterocycles. The number of carbonyl (C=O) groups excluding carboxylic acids is 3. The van der Waals surface area contributed by atoms with Gasteiger partial charge in [-0.1, -0.05) is 18.2 Å². The first-order valence-electron chi connectivity index (χ1n) is 8.91. The summed E-state index contributed by atoms with van der Waals surface area (Å²) >= 11 is 0. The van der Waals surface area contributed by atoms with Gasteiger partial charge in [0.2, 0.25) is 0 Å². The fourth-order valence-corrected chi connectivity index (χ4v) is 2.74. The molecule has 1 fully saturated rings. The van der Waals surface area contributed by atoms with E-state index in [2.05, 4.69) is 5.43 Å². The summed E-state index contributed by atoms with van der Waals surface area (Å²) in [6.45, 7) is 4.33. The summed E-state index contributed by atoms with van der Waals surface area (Å²) in [6.07, 6.45) is 1.51. The van der Waals surface area contributed by atoms with E-state index in [1.54, 1.807) is 49.4 Å². The number of hydrogen-bond acceptors (Lipinski definition) is 5. The van der Waals surface area contributed by atoms with Crippen LogP contribution in [0.15, 0.2) is 54.1 Å². The number of nitrogens with zero attached hydrogens (tertiary/aromatic N) is 1. The summed E-state index contributed by atoms with van der Waals surface area (Å²) < 4.78 is 10.5. The highest BCUT2D eigenvalue weighted by Crippen LogP contribution is 2.25. The van der Waals surface area contributed by atoms with Gasteiger partial charge in [-0.2, -0.15) is 0 Å². The second-order valence-electron chi connectivity index (χ2n) is 5.88. The Kier molecular flexibility index (Phi) is 5.74. The van der Waals surface area contributed by atoms with Crippen LogP contribution in [0.2, 0.25) is 0 Å². The molecule has 1 aliphatic rings. The Hall–Kier alpha value is -3.61. The number of hydrogen-bond donors (Lipinski definition) is 1. The lowest BCUT2D eigenvalue weighted by Crippen LogP contribution is -2.35. The number of para-hydroxylation sites is 1. The van der Waals surface area contributed by atoms with Crippen LogP contribution in [-0.2, 0) is 14.3 Å². The standard InChI is InChI=1S/C21H20N2O5/c1-3-27-18-8-6-5-7-15(18)13-17-19(24)22-23(20(17)25)16-11-9-14(10-12-16)21(26)28-4-2/h5-13H,3-4H2,1-2H3,(H,22,24)/b17-13-. The molecule has 0 aromatic heterocycles. The minimum atomic E-state index is -0.509. The summed E-state index contributed by atoms with van der Waals surface area (Å²) in [5.74, 6) is -0.847. The molecule has 0 unspecified atom stereocenters. The highest BCUT2D eigenvalue weighted by atomic mass is 16.5. The molecule has 7 heteroatoms. The molecule has 28 heavy (non-hydrogen) atoms. The number of nitrogens with one attached hydrogen (secondary N) is 1. The molecule has 0 radical (unpaired) electrons. The van der Waals surface area contributed by atoms with E-state index in [0.717, 1.165) is 5.01 Å². The normalized spacial score (nSPS) is 14.9. The Morgan fingerprint density at radius 3 is 2.43 bits per heavy atom. The van der Waals surface area contributed by atoms with E-state index in [1.165, 1.54) is 6.08 Å². The Bertz CT molecular complexity index is 934. The molecule has 7 nitrogen and oxygen atoms in total. The van der Waals surface area contributed by atoms with Gasteiger partial charge in [-0.3, -0.25) is 15.0 Å². The lowest BCUT2D eigenvalue weighted by atomic mass is 10.1. The molecule has 144 valence electrons. The second-order valence-corrected chi connectivity index (χ2v) is 5.88. The van der Waals surface area contributed by atoms with Crippen molar-refractivity contribution >= 4 is 29.5 Å². The van der Waals surface area contributed by atoms with Crippen molar-refractivity contribution in [1.29, 1.82) is 0 Å². The average Bonchev–Trinajstić information content (AvgIpc) is 2.98. The summed E-state index contributed by atoms with van der Waals surface area (Å²) in [4.78, 5) is 36.8. The fraction of sp³-hybridized carbons (Fsp3) is 0.190. The quantitative estimate of drug-likeness (QED) is 0.473. The molecule has 0 saturated carbocycles. The number of carbonyl (C=O) groups is 3. The number of anilines is 1. The highest BCUT2D eigenvalue weighted by Gasteiger charge is 2.34. The molecule has 2 aromatic rings. The van der Waals surface area contributed by atoms with Gasteiger partial charge in [0.05, 0.1) is 24.5 Å². The van der Waals surface area contributed by atoms with Gasteiger partial charge in [-0.05, 0) is 50.3 Å². The lowest BCUT2D eigenvalue weighted by molar-refractivity contribution is -0.117. The van der Waals surface area contributed by atoms with Crippen molar-refractivity contribution in [2.75, 3.05) is 18.2 Å². The van der Waals surface area contributed by atoms with Crippen LogP contribution in [0, 0.1) is 0 Å². The second kappa shape index (κ2) is 8.39. The van der Waals surface area contributed by atoms with Gasteiger partial charge < -0.3 is 9.47 Å². The van der Waals surface area contributed by atoms with Crippen LogP contribution in [0.5, 0.6) is 5.75 Å². The van der Waals surface area contributed by atoms with Crippen LogP contribution in [0.4, 0.5) is 5.69 Å². The van der Waals surface area contributed by atoms with Gasteiger partial charge in [-0.15, -0.1) is 0 Å². The molecular weight excluding hydrogens is 360 g/mol. The zero-order valence-corrected chi connectivity index (χ0v) is 15.6. The molecular formula is C21H20N2O5. The molecule has 0 spiro atoms. The number of rotatable bonds is 6. The van der Waals surface area contributed by atoms with E-state index in [1.807, 2.05) is 13.0 Å². The maximum atomic E-state index is 12.8. The summed E-state index contributed by atoms with van der Waals surface area (Å²) in [5.41, 5.74) is 3.98. The number of amides is 2. The van der Waals surface area contributed by atoms with Gasteiger partial charge in [0.1, 0.15) is 11.3 Å². The number of ether oxygens (including phenoxy) is 2. The molecule has 3 rings (SSSR count). The van der Waals surface area contributed by atoms with Crippen molar-refractivity contribution in [1.82, 2.24) is 5.43 Å². The average molecular weight is 380 g/mol. The SMILES string of the molecule is CCOC(=O)c1ccc(N2NC(=O)/C(=C/c3ccccc3OCC)C2=O)cc1. The predicted octanol–water partition coefficient (Wildman–Crippen LogP) is 2.72. The Morgan fingerprint density at radius 1 is 1.04 bits per heavy atom. The highest BCUT2D eigenvalue weighted by molar-refractivity contribution is 6.31. The minimum Gasteiger partial charge on any atom is -0.493 e. The summed E-state index contributed by atoms with van der Waals surface area (Å²) in [5, 5.41) is 1.15. The first kappa shape index (κ1) is 19.2. The molecule has 2 amide bonds. The number of hydrazine groups is 1. The van der Waals surface area contributed by atoms with Gasteiger partial charge in [0.25, 0.3) is 11.8 Å². The zero-order chi connectivity index (χ0) is 20.1. The third-order valence-electron chi connectivity index (χ3n) is 4.05. The maximum Gasteiger partial charge on any atom is 0.338 e. The first-order valence-corrected chi connectivity index (χ1v) is 8.91. The molecule has 0 atom stereocenters. The Balaban J connectivity index is 1.85. The third-order valence-corrected chi connectivity index (χ3v) is 4.05. The van der Waals surface area contributed by atoms with Crippen LogP contribution in [-0.4, -0.2) is 31.0 Å². The molecule has 2 aromatic carbocycles. The van der Waals surface area contributed by atoms with E-state index >= 15 is 0 Å². The van der Waals surface area contributed by atoms with Crippen molar-refractivity contribution in [3.05, 3.63) is 65.2 Å². The van der Waals surface area contributed by atoms with Crippen LogP contribution >= 0.6 is 0 Å². The van der Waals surface area contributed by atoms with Crippen molar-refractivity contribution in [2.24, 2.45) is 0 Å². The van der Waals surface area contributed by atoms with Crippen molar-refractivity contribution in [2.45, 2.75) is 13.8 Å². The van der Waals surface area contributed by atoms with Gasteiger partial charge >= 0.3 is 5.97 Å². The van der Waals surface area contributed by atoms with Crippen LogP contribution < -0.4 is 15.2 Å². The van der Waals surface area contributed by atoms with Crippen molar-refractivity contribution in [3.63, 3.8) is 0 Å². The number of benzene rings is 2. The van der Waals surface area contributed by atoms with E-state index in [0.29, 0.717) is 29.2 Å². The maximum absolute atomic E-state index is 12.8. The van der Waals surface area contributed by atoms with E-state index < -0.39 is 17.8 Å². The lowest BCUT2D eigenvalue weighted by Gasteiger charge is -2.14. The monoisotopic (exact) mass is 380 g/mol. The molecule has 0 aliphatic carbocycles. The van der Waals surface area contributed by atoms with E-state index in [9.17, 15) is 14.4 Å². The van der Waals surface area contributed by atoms with Crippen molar-refractivity contribution < 1.29 is 23.9 Å². The minimum absolute atomic E-state index is 0.00150. The smallest absolute Gasteiger partial charge is 0.338 e. The topological polar surface area (TPSA) is 84.9 Å². The largest absolute Gasteiger partial charge is 0.493 e. The summed E-state index contributed by atoms with van der Waals surface area (Å²) in [7, 11) is 0. The molecule has 0 bridgehead atoms. The van der Waals surface area contributed by atoms with E-state index in [-0.39, 0.29) is 12.2 Å². The zero-order valence-electron chi connectivity index (χ0n) is 15.6. The number of esters is 1. The molecule has 1 N–H and O–H groups in total. The van der Waals surface area contributed by atoms with Gasteiger partial charge in [0, 0.05) is 5.56 Å². The fourth-order valence-electron chi connectivity index (χ4n) is 2.74. The first-order chi connectivity index (χ1) is 13.5. The van der Waals surface area contributed by atoms with Crippen LogP contribution in [0.25, 0.3) is 6.08 Å². The Labute approximate surface area is 162 Å².